The summed E-state index contributed by atoms with van der Waals surface area (Å²) < 4.78 is 4.64. The van der Waals surface area contributed by atoms with E-state index in [2.05, 4.69) is 10.1 Å². The molecule has 9 heavy (non-hydrogen) atoms. The Morgan fingerprint density at radius 3 is 2.78 bits per heavy atom. The highest BCUT2D eigenvalue weighted by molar-refractivity contribution is 5.65. The van der Waals surface area contributed by atoms with Gasteiger partial charge in [-0.1, -0.05) is 0 Å². The first-order valence-electron chi connectivity index (χ1n) is 2.96. The average Bonchev–Trinajstić information content (AvgIpc) is 1.80. The third-order valence-corrected chi connectivity index (χ3v) is 0.831. The zero-order valence-electron chi connectivity index (χ0n) is 5.89. The van der Waals surface area contributed by atoms with E-state index in [1.165, 1.54) is 6.92 Å². The first-order chi connectivity index (χ1) is 4.27. The Hall–Kier alpha value is -0.570. The molecule has 0 atom stereocenters. The Morgan fingerprint density at radius 1 is 1.67 bits per heavy atom. The summed E-state index contributed by atoms with van der Waals surface area (Å²) >= 11 is 0. The van der Waals surface area contributed by atoms with E-state index in [1.807, 2.05) is 0 Å². The molecule has 0 amide bonds. The van der Waals surface area contributed by atoms with Crippen LogP contribution in [-0.2, 0) is 9.53 Å². The molecule has 1 radical (unpaired) electrons. The van der Waals surface area contributed by atoms with Gasteiger partial charge in [0.1, 0.15) is 0 Å². The molecule has 0 aliphatic rings. The van der Waals surface area contributed by atoms with Crippen LogP contribution in [0, 0.1) is 0 Å². The molecule has 0 aromatic rings. The van der Waals surface area contributed by atoms with Gasteiger partial charge in [0.25, 0.3) is 0 Å². The van der Waals surface area contributed by atoms with Gasteiger partial charge in [0.15, 0.2) is 0 Å². The van der Waals surface area contributed by atoms with Crippen molar-refractivity contribution in [1.29, 1.82) is 0 Å². The molecule has 53 valence electrons. The zero-order chi connectivity index (χ0) is 7.11. The number of nitrogens with zero attached hydrogens (tertiary/aromatic N) is 1. The molecule has 0 bridgehead atoms. The maximum absolute atomic E-state index is 10.2. The van der Waals surface area contributed by atoms with Gasteiger partial charge in [-0.15, -0.1) is 0 Å². The molecule has 0 unspecified atom stereocenters. The lowest BCUT2D eigenvalue weighted by Crippen LogP contribution is -2.06. The molecule has 0 aromatic heterocycles. The lowest BCUT2D eigenvalue weighted by atomic mass is 10.4. The van der Waals surface area contributed by atoms with Crippen LogP contribution >= 0.6 is 0 Å². The molecule has 0 heterocycles. The van der Waals surface area contributed by atoms with Crippen LogP contribution in [0.1, 0.15) is 13.3 Å². The summed E-state index contributed by atoms with van der Waals surface area (Å²) in [7, 11) is 1.74. The lowest BCUT2D eigenvalue weighted by Gasteiger charge is -1.98. The van der Waals surface area contributed by atoms with Crippen LogP contribution < -0.4 is 5.32 Å². The van der Waals surface area contributed by atoms with Crippen molar-refractivity contribution in [3.05, 3.63) is 0 Å². The van der Waals surface area contributed by atoms with Gasteiger partial charge in [-0.25, -0.2) is 5.32 Å². The van der Waals surface area contributed by atoms with Crippen LogP contribution in [-0.4, -0.2) is 26.2 Å². The summed E-state index contributed by atoms with van der Waals surface area (Å²) in [4.78, 5) is 10.2. The van der Waals surface area contributed by atoms with E-state index in [0.29, 0.717) is 6.61 Å². The van der Waals surface area contributed by atoms with Crippen LogP contribution in [0.3, 0.4) is 0 Å². The van der Waals surface area contributed by atoms with Crippen LogP contribution in [0.5, 0.6) is 0 Å². The summed E-state index contributed by atoms with van der Waals surface area (Å²) in [6, 6.07) is 0. The summed E-state index contributed by atoms with van der Waals surface area (Å²) in [6.07, 6.45) is 0.829. The van der Waals surface area contributed by atoms with Crippen LogP contribution in [0.15, 0.2) is 0 Å². The fourth-order valence-corrected chi connectivity index (χ4v) is 0.439. The van der Waals surface area contributed by atoms with Gasteiger partial charge >= 0.3 is 5.97 Å². The van der Waals surface area contributed by atoms with Crippen molar-refractivity contribution in [3.63, 3.8) is 0 Å². The van der Waals surface area contributed by atoms with Crippen LogP contribution in [0.25, 0.3) is 0 Å². The van der Waals surface area contributed by atoms with Gasteiger partial charge in [-0.3, -0.25) is 4.79 Å². The predicted molar refractivity (Wildman–Crippen MR) is 34.2 cm³/mol. The van der Waals surface area contributed by atoms with Crippen LogP contribution in [0.4, 0.5) is 0 Å². The number of esters is 1. The quantitative estimate of drug-likeness (QED) is 0.402. The monoisotopic (exact) mass is 130 g/mol. The smallest absolute Gasteiger partial charge is 0.302 e. The van der Waals surface area contributed by atoms with E-state index < -0.39 is 0 Å². The summed E-state index contributed by atoms with van der Waals surface area (Å²) in [5.41, 5.74) is 0. The van der Waals surface area contributed by atoms with Gasteiger partial charge in [-0.05, 0) is 6.42 Å². The molecule has 0 aliphatic heterocycles. The maximum Gasteiger partial charge on any atom is 0.302 e. The van der Waals surface area contributed by atoms with Crippen molar-refractivity contribution in [2.45, 2.75) is 13.3 Å². The Morgan fingerprint density at radius 2 is 2.33 bits per heavy atom. The van der Waals surface area contributed by atoms with Crippen molar-refractivity contribution in [2.24, 2.45) is 0 Å². The molecule has 0 rings (SSSR count). The zero-order valence-corrected chi connectivity index (χ0v) is 5.89. The second-order valence-electron chi connectivity index (χ2n) is 1.73. The average molecular weight is 130 g/mol. The first kappa shape index (κ1) is 8.43. The highest BCUT2D eigenvalue weighted by Crippen LogP contribution is 1.80. The fourth-order valence-electron chi connectivity index (χ4n) is 0.439. The molecule has 0 saturated heterocycles. The highest BCUT2D eigenvalue weighted by Gasteiger charge is 1.89. The van der Waals surface area contributed by atoms with Crippen molar-refractivity contribution < 1.29 is 9.53 Å². The number of hydrogen-bond donors (Lipinski definition) is 0. The van der Waals surface area contributed by atoms with E-state index in [0.717, 1.165) is 13.0 Å². The van der Waals surface area contributed by atoms with E-state index >= 15 is 0 Å². The van der Waals surface area contributed by atoms with E-state index in [-0.39, 0.29) is 5.97 Å². The molecule has 0 aromatic carbocycles. The molecular weight excluding hydrogens is 118 g/mol. The van der Waals surface area contributed by atoms with Crippen molar-refractivity contribution in [3.8, 4) is 0 Å². The first-order valence-corrected chi connectivity index (χ1v) is 2.96. The largest absolute Gasteiger partial charge is 0.466 e. The Bertz CT molecular complexity index is 83.1. The molecular formula is C6H12NO2. The van der Waals surface area contributed by atoms with Crippen molar-refractivity contribution in [2.75, 3.05) is 20.2 Å². The minimum atomic E-state index is -0.217. The third-order valence-electron chi connectivity index (χ3n) is 0.831. The van der Waals surface area contributed by atoms with Crippen molar-refractivity contribution in [1.82, 2.24) is 5.32 Å². The second-order valence-corrected chi connectivity index (χ2v) is 1.73. The Kier molecular flexibility index (Phi) is 5.21. The molecule has 0 aliphatic carbocycles. The van der Waals surface area contributed by atoms with Gasteiger partial charge in [-0.2, -0.15) is 0 Å². The molecule has 3 heteroatoms. The SMILES string of the molecule is C[N]CCCOC(C)=O. The molecule has 0 fully saturated rings. The molecule has 0 N–H and O–H groups in total. The van der Waals surface area contributed by atoms with E-state index in [4.69, 9.17) is 0 Å². The molecule has 0 spiro atoms. The van der Waals surface area contributed by atoms with Gasteiger partial charge in [0.2, 0.25) is 0 Å². The number of carbonyl (C=O) groups excluding carboxylic acids is 1. The summed E-state index contributed by atoms with van der Waals surface area (Å²) in [5.74, 6) is -0.217. The van der Waals surface area contributed by atoms with Gasteiger partial charge < -0.3 is 4.74 Å². The highest BCUT2D eigenvalue weighted by atomic mass is 16.5. The Balaban J connectivity index is 2.83. The molecule has 3 nitrogen and oxygen atoms in total. The predicted octanol–water partition coefficient (Wildman–Crippen LogP) is 0.174. The third kappa shape index (κ3) is 7.43. The number of rotatable bonds is 4. The van der Waals surface area contributed by atoms with E-state index in [9.17, 15) is 4.79 Å². The normalized spacial score (nSPS) is 9.11. The van der Waals surface area contributed by atoms with Gasteiger partial charge in [0, 0.05) is 20.5 Å². The minimum Gasteiger partial charge on any atom is -0.466 e. The second kappa shape index (κ2) is 5.56. The standard InChI is InChI=1S/C6H12NO2/c1-6(8)9-5-3-4-7-2/h3-5H2,1-2H3. The summed E-state index contributed by atoms with van der Waals surface area (Å²) in [6.45, 7) is 2.67. The van der Waals surface area contributed by atoms with E-state index in [1.54, 1.807) is 7.05 Å². The fraction of sp³-hybridized carbons (Fsp3) is 0.833. The lowest BCUT2D eigenvalue weighted by molar-refractivity contribution is -0.141. The molecule has 0 saturated carbocycles. The van der Waals surface area contributed by atoms with Crippen LogP contribution in [0.2, 0.25) is 0 Å². The number of hydrogen-bond acceptors (Lipinski definition) is 2. The van der Waals surface area contributed by atoms with Gasteiger partial charge in [0.05, 0.1) is 6.61 Å². The Labute approximate surface area is 55.4 Å². The summed E-state index contributed by atoms with van der Waals surface area (Å²) in [5, 5.41) is 3.84. The number of carbonyl (C=O) groups is 1. The number of ether oxygens (including phenoxy) is 1. The topological polar surface area (TPSA) is 40.4 Å². The maximum atomic E-state index is 10.2. The minimum absolute atomic E-state index is 0.217. The van der Waals surface area contributed by atoms with Crippen molar-refractivity contribution >= 4 is 5.97 Å².